The molecule has 0 aliphatic carbocycles. The van der Waals surface area contributed by atoms with E-state index < -0.39 is 29.3 Å². The van der Waals surface area contributed by atoms with Crippen molar-refractivity contribution in [3.63, 3.8) is 0 Å². The lowest BCUT2D eigenvalue weighted by atomic mass is 10.0. The maximum atomic E-state index is 15.2. The summed E-state index contributed by atoms with van der Waals surface area (Å²) in [6.07, 6.45) is -0.466. The molecule has 10 nitrogen and oxygen atoms in total. The van der Waals surface area contributed by atoms with Gasteiger partial charge in [0.05, 0.1) is 16.6 Å². The number of amides is 2. The largest absolute Gasteiger partial charge is 0.506 e. The molecule has 222 valence electrons. The van der Waals surface area contributed by atoms with Gasteiger partial charge in [0, 0.05) is 45.3 Å². The van der Waals surface area contributed by atoms with Crippen LogP contribution in [-0.4, -0.2) is 107 Å². The van der Waals surface area contributed by atoms with Gasteiger partial charge in [-0.2, -0.15) is 0 Å². The van der Waals surface area contributed by atoms with Crippen LogP contribution >= 0.6 is 23.2 Å². The van der Waals surface area contributed by atoms with E-state index in [1.165, 1.54) is 6.07 Å². The first kappa shape index (κ1) is 29.5. The average molecular weight is 611 g/mol. The molecular weight excluding hydrogens is 576 g/mol. The SMILES string of the molecule is C[C@H]1CN(C)CCN1c1nc(-c2c(F)ccc(Cl)c2O)c(Cl)c2c1C(=O)N1CCN(C(=O)OC(C)(C)C)C[C@@H]1CO2. The van der Waals surface area contributed by atoms with E-state index in [-0.39, 0.29) is 70.8 Å². The maximum Gasteiger partial charge on any atom is 0.410 e. The second-order valence-electron chi connectivity index (χ2n) is 11.7. The lowest BCUT2D eigenvalue weighted by Crippen LogP contribution is -2.58. The zero-order valence-corrected chi connectivity index (χ0v) is 25.2. The number of aromatic hydroxyl groups is 1. The minimum Gasteiger partial charge on any atom is -0.506 e. The Hall–Kier alpha value is -3.02. The summed E-state index contributed by atoms with van der Waals surface area (Å²) in [6.45, 7) is 10.1. The molecule has 1 aromatic carbocycles. The van der Waals surface area contributed by atoms with E-state index in [2.05, 4.69) is 4.90 Å². The zero-order valence-electron chi connectivity index (χ0n) is 23.7. The number of hydrogen-bond acceptors (Lipinski definition) is 8. The van der Waals surface area contributed by atoms with Crippen molar-refractivity contribution < 1.29 is 28.6 Å². The predicted molar refractivity (Wildman–Crippen MR) is 154 cm³/mol. The molecule has 5 rings (SSSR count). The first-order valence-electron chi connectivity index (χ1n) is 13.5. The standard InChI is InChI=1S/C28H34Cl2FN5O5/c1-15-12-33(5)8-10-35(15)25-20-24(21(30)22(32-25)19-18(31)7-6-17(29)23(19)37)40-14-16-13-34(9-11-36(16)26(20)38)27(39)41-28(2,3)4/h6-7,15-16,37H,8-14H2,1-5H3/t15-,16+/m0/s1. The number of carbonyl (C=O) groups is 2. The van der Waals surface area contributed by atoms with Crippen LogP contribution in [-0.2, 0) is 4.74 Å². The van der Waals surface area contributed by atoms with Crippen molar-refractivity contribution in [1.29, 1.82) is 0 Å². The van der Waals surface area contributed by atoms with Gasteiger partial charge in [0.15, 0.2) is 5.75 Å². The number of anilines is 1. The number of aromatic nitrogens is 1. The van der Waals surface area contributed by atoms with Crippen LogP contribution < -0.4 is 9.64 Å². The van der Waals surface area contributed by atoms with Gasteiger partial charge in [0.25, 0.3) is 5.91 Å². The number of phenolic OH excluding ortho intramolecular Hbond substituents is 1. The van der Waals surface area contributed by atoms with Gasteiger partial charge in [-0.05, 0) is 46.9 Å². The van der Waals surface area contributed by atoms with Crippen molar-refractivity contribution >= 4 is 41.0 Å². The molecule has 0 bridgehead atoms. The van der Waals surface area contributed by atoms with Gasteiger partial charge in [0.2, 0.25) is 0 Å². The Balaban J connectivity index is 1.61. The third-order valence-corrected chi connectivity index (χ3v) is 8.18. The highest BCUT2D eigenvalue weighted by Gasteiger charge is 2.42. The van der Waals surface area contributed by atoms with Crippen LogP contribution in [0.25, 0.3) is 11.3 Å². The molecule has 13 heteroatoms. The number of fused-ring (bicyclic) bond motifs is 2. The van der Waals surface area contributed by atoms with Crippen molar-refractivity contribution in [2.45, 2.75) is 45.4 Å². The minimum absolute atomic E-state index is 0.0307. The van der Waals surface area contributed by atoms with Gasteiger partial charge in [-0.3, -0.25) is 4.79 Å². The molecule has 0 spiro atoms. The Labute approximate surface area is 248 Å². The Morgan fingerprint density at radius 2 is 1.83 bits per heavy atom. The van der Waals surface area contributed by atoms with Crippen molar-refractivity contribution in [2.75, 3.05) is 57.8 Å². The fraction of sp³-hybridized carbons (Fsp3) is 0.536. The number of halogens is 3. The monoisotopic (exact) mass is 609 g/mol. The summed E-state index contributed by atoms with van der Waals surface area (Å²) in [4.78, 5) is 39.1. The van der Waals surface area contributed by atoms with Crippen molar-refractivity contribution in [1.82, 2.24) is 19.7 Å². The Morgan fingerprint density at radius 3 is 2.51 bits per heavy atom. The molecule has 0 radical (unpaired) electrons. The van der Waals surface area contributed by atoms with Crippen LogP contribution in [0.3, 0.4) is 0 Å². The molecule has 41 heavy (non-hydrogen) atoms. The molecule has 2 saturated heterocycles. The smallest absolute Gasteiger partial charge is 0.410 e. The Morgan fingerprint density at radius 1 is 1.12 bits per heavy atom. The molecular formula is C28H34Cl2FN5O5. The highest BCUT2D eigenvalue weighted by Crippen LogP contribution is 2.47. The number of carbonyl (C=O) groups excluding carboxylic acids is 2. The van der Waals surface area contributed by atoms with Gasteiger partial charge < -0.3 is 34.2 Å². The highest BCUT2D eigenvalue weighted by atomic mass is 35.5. The van der Waals surface area contributed by atoms with Gasteiger partial charge in [0.1, 0.15) is 45.9 Å². The summed E-state index contributed by atoms with van der Waals surface area (Å²) in [5.74, 6) is -1.28. The fourth-order valence-electron chi connectivity index (χ4n) is 5.53. The molecule has 2 fully saturated rings. The molecule has 3 aliphatic rings. The van der Waals surface area contributed by atoms with E-state index in [1.807, 2.05) is 18.9 Å². The van der Waals surface area contributed by atoms with E-state index >= 15 is 4.39 Å². The topological polar surface area (TPSA) is 98.7 Å². The summed E-state index contributed by atoms with van der Waals surface area (Å²) in [6, 6.07) is 1.83. The number of phenols is 1. The van der Waals surface area contributed by atoms with Crippen LogP contribution in [0.15, 0.2) is 12.1 Å². The maximum absolute atomic E-state index is 15.2. The summed E-state index contributed by atoms with van der Waals surface area (Å²) in [5.41, 5.74) is -0.842. The number of hydrogen-bond donors (Lipinski definition) is 1. The van der Waals surface area contributed by atoms with E-state index in [4.69, 9.17) is 37.7 Å². The number of benzene rings is 1. The molecule has 2 atom stereocenters. The average Bonchev–Trinajstić information content (AvgIpc) is 3.04. The van der Waals surface area contributed by atoms with Crippen LogP contribution in [0.1, 0.15) is 38.1 Å². The molecule has 1 N–H and O–H groups in total. The predicted octanol–water partition coefficient (Wildman–Crippen LogP) is 4.49. The van der Waals surface area contributed by atoms with Gasteiger partial charge in [-0.15, -0.1) is 0 Å². The number of rotatable bonds is 2. The summed E-state index contributed by atoms with van der Waals surface area (Å²) in [5, 5.41) is 10.5. The highest BCUT2D eigenvalue weighted by molar-refractivity contribution is 6.36. The summed E-state index contributed by atoms with van der Waals surface area (Å²) < 4.78 is 26.9. The Kier molecular flexibility index (Phi) is 7.90. The lowest BCUT2D eigenvalue weighted by molar-refractivity contribution is 0.000952. The number of nitrogens with zero attached hydrogens (tertiary/aromatic N) is 5. The van der Waals surface area contributed by atoms with E-state index in [0.717, 1.165) is 6.07 Å². The molecule has 3 aliphatic heterocycles. The molecule has 0 saturated carbocycles. The van der Waals surface area contributed by atoms with Crippen molar-refractivity contribution in [3.8, 4) is 22.8 Å². The van der Waals surface area contributed by atoms with E-state index in [0.29, 0.717) is 25.5 Å². The first-order chi connectivity index (χ1) is 19.3. The third kappa shape index (κ3) is 5.59. The van der Waals surface area contributed by atoms with Crippen LogP contribution in [0.2, 0.25) is 10.0 Å². The van der Waals surface area contributed by atoms with Gasteiger partial charge in [-0.25, -0.2) is 14.2 Å². The second-order valence-corrected chi connectivity index (χ2v) is 12.5. The normalized spacial score (nSPS) is 21.7. The molecule has 2 aromatic rings. The number of ether oxygens (including phenoxy) is 2. The van der Waals surface area contributed by atoms with Crippen molar-refractivity contribution in [2.24, 2.45) is 0 Å². The number of pyridine rings is 1. The van der Waals surface area contributed by atoms with Gasteiger partial charge >= 0.3 is 6.09 Å². The third-order valence-electron chi connectivity index (χ3n) is 7.52. The summed E-state index contributed by atoms with van der Waals surface area (Å²) in [7, 11) is 2.01. The van der Waals surface area contributed by atoms with E-state index in [1.54, 1.807) is 30.6 Å². The zero-order chi connectivity index (χ0) is 29.8. The number of piperazine rings is 2. The van der Waals surface area contributed by atoms with Crippen molar-refractivity contribution in [3.05, 3.63) is 33.6 Å². The molecule has 4 heterocycles. The fourth-order valence-corrected chi connectivity index (χ4v) is 5.98. The quantitative estimate of drug-likeness (QED) is 0.532. The second kappa shape index (κ2) is 11.0. The van der Waals surface area contributed by atoms with Crippen LogP contribution in [0, 0.1) is 5.82 Å². The van der Waals surface area contributed by atoms with Crippen LogP contribution in [0.4, 0.5) is 15.0 Å². The van der Waals surface area contributed by atoms with E-state index in [9.17, 15) is 14.7 Å². The van der Waals surface area contributed by atoms with Crippen LogP contribution in [0.5, 0.6) is 11.5 Å². The first-order valence-corrected chi connectivity index (χ1v) is 14.3. The lowest BCUT2D eigenvalue weighted by Gasteiger charge is -2.41. The summed E-state index contributed by atoms with van der Waals surface area (Å²) >= 11 is 13.0. The molecule has 1 aromatic heterocycles. The number of likely N-dealkylation sites (N-methyl/N-ethyl adjacent to an activating group) is 1. The minimum atomic E-state index is -0.774. The Bertz CT molecular complexity index is 1390. The molecule has 0 unspecified atom stereocenters. The molecule has 2 amide bonds. The van der Waals surface area contributed by atoms with Gasteiger partial charge in [-0.1, -0.05) is 23.2 Å².